The molecule has 5 nitrogen and oxygen atoms in total. The predicted octanol–water partition coefficient (Wildman–Crippen LogP) is 0.381. The summed E-state index contributed by atoms with van der Waals surface area (Å²) < 4.78 is 4.72. The summed E-state index contributed by atoms with van der Waals surface area (Å²) in [4.78, 5) is 22.3. The topological polar surface area (TPSA) is 81.4 Å². The molecule has 3 N–H and O–H groups in total. The van der Waals surface area contributed by atoms with Crippen LogP contribution in [0.3, 0.4) is 0 Å². The van der Waals surface area contributed by atoms with Crippen molar-refractivity contribution in [3.8, 4) is 0 Å². The first-order valence-electron chi connectivity index (χ1n) is 5.51. The van der Waals surface area contributed by atoms with E-state index in [2.05, 4.69) is 5.32 Å². The fourth-order valence-electron chi connectivity index (χ4n) is 1.67. The second-order valence-corrected chi connectivity index (χ2v) is 3.79. The van der Waals surface area contributed by atoms with Gasteiger partial charge in [-0.1, -0.05) is 6.08 Å². The quantitative estimate of drug-likeness (QED) is 0.554. The summed E-state index contributed by atoms with van der Waals surface area (Å²) >= 11 is 0. The van der Waals surface area contributed by atoms with E-state index in [1.807, 2.05) is 0 Å². The van der Waals surface area contributed by atoms with Crippen LogP contribution in [-0.4, -0.2) is 31.1 Å². The normalized spacial score (nSPS) is 20.8. The molecule has 0 spiro atoms. The number of nitrogens with one attached hydrogen (secondary N) is 1. The van der Waals surface area contributed by atoms with Gasteiger partial charge in [0.2, 0.25) is 5.91 Å². The van der Waals surface area contributed by atoms with Gasteiger partial charge in [-0.2, -0.15) is 0 Å². The monoisotopic (exact) mass is 262 g/mol. The molecular formula is C11H19ClN2O3. The van der Waals surface area contributed by atoms with Crippen molar-refractivity contribution < 1.29 is 14.3 Å². The molecule has 0 aromatic rings. The van der Waals surface area contributed by atoms with Gasteiger partial charge in [0.05, 0.1) is 6.61 Å². The number of rotatable bonds is 5. The zero-order valence-electron chi connectivity index (χ0n) is 9.85. The maximum Gasteiger partial charge on any atom is 0.330 e. The number of hydrogen-bond donors (Lipinski definition) is 2. The molecule has 1 fully saturated rings. The molecule has 1 aliphatic rings. The van der Waals surface area contributed by atoms with E-state index in [0.717, 1.165) is 13.0 Å². The number of amides is 1. The molecule has 1 unspecified atom stereocenters. The molecule has 6 heteroatoms. The molecule has 98 valence electrons. The Labute approximate surface area is 107 Å². The van der Waals surface area contributed by atoms with Gasteiger partial charge in [-0.15, -0.1) is 12.4 Å². The Hall–Kier alpha value is -1.07. The van der Waals surface area contributed by atoms with E-state index in [1.54, 1.807) is 13.0 Å². The van der Waals surface area contributed by atoms with Gasteiger partial charge in [0.15, 0.2) is 0 Å². The van der Waals surface area contributed by atoms with Gasteiger partial charge in [0.1, 0.15) is 0 Å². The maximum atomic E-state index is 11.3. The molecule has 1 saturated heterocycles. The number of hydrogen-bond acceptors (Lipinski definition) is 4. The summed E-state index contributed by atoms with van der Waals surface area (Å²) in [6.07, 6.45) is 4.30. The average molecular weight is 263 g/mol. The fraction of sp³-hybridized carbons (Fsp3) is 0.636. The lowest BCUT2D eigenvalue weighted by molar-refractivity contribution is -0.137. The van der Waals surface area contributed by atoms with E-state index in [4.69, 9.17) is 10.5 Å². The average Bonchev–Trinajstić information content (AvgIpc) is 2.62. The molecule has 17 heavy (non-hydrogen) atoms. The minimum atomic E-state index is -0.395. The second kappa shape index (κ2) is 8.08. The van der Waals surface area contributed by atoms with Gasteiger partial charge in [0.25, 0.3) is 0 Å². The van der Waals surface area contributed by atoms with E-state index in [0.29, 0.717) is 13.0 Å². The molecule has 1 rings (SSSR count). The SMILES string of the molecule is CCOC(=O)/C=C/C(N)C[C@@H]1CCNC1=O.Cl. The van der Waals surface area contributed by atoms with Crippen LogP contribution in [0, 0.1) is 5.92 Å². The van der Waals surface area contributed by atoms with Gasteiger partial charge < -0.3 is 15.8 Å². The Kier molecular flexibility index (Phi) is 7.58. The molecule has 0 aromatic carbocycles. The summed E-state index contributed by atoms with van der Waals surface area (Å²) in [5.74, 6) is -0.365. The fourth-order valence-corrected chi connectivity index (χ4v) is 1.67. The van der Waals surface area contributed by atoms with Gasteiger partial charge >= 0.3 is 5.97 Å². The number of ether oxygens (including phenoxy) is 1. The van der Waals surface area contributed by atoms with Crippen molar-refractivity contribution in [2.75, 3.05) is 13.2 Å². The van der Waals surface area contributed by atoms with Crippen LogP contribution in [0.15, 0.2) is 12.2 Å². The van der Waals surface area contributed by atoms with Crippen LogP contribution < -0.4 is 11.1 Å². The van der Waals surface area contributed by atoms with Gasteiger partial charge in [0, 0.05) is 24.6 Å². The summed E-state index contributed by atoms with van der Waals surface area (Å²) in [6.45, 7) is 2.82. The minimum Gasteiger partial charge on any atom is -0.463 e. The lowest BCUT2D eigenvalue weighted by Crippen LogP contribution is -2.26. The highest BCUT2D eigenvalue weighted by Gasteiger charge is 2.25. The third kappa shape index (κ3) is 5.70. The predicted molar refractivity (Wildman–Crippen MR) is 66.7 cm³/mol. The standard InChI is InChI=1S/C11H18N2O3.ClH/c1-2-16-10(14)4-3-9(12)7-8-5-6-13-11(8)15;/h3-4,8-9H,2,5-7,12H2,1H3,(H,13,15);1H/b4-3+;/t8-,9?;/m0./s1. The van der Waals surface area contributed by atoms with Crippen molar-refractivity contribution in [1.82, 2.24) is 5.32 Å². The Morgan fingerprint density at radius 2 is 2.41 bits per heavy atom. The van der Waals surface area contributed by atoms with Crippen LogP contribution in [0.5, 0.6) is 0 Å². The zero-order chi connectivity index (χ0) is 12.0. The lowest BCUT2D eigenvalue weighted by Gasteiger charge is -2.10. The molecule has 1 amide bonds. The van der Waals surface area contributed by atoms with Gasteiger partial charge in [-0.3, -0.25) is 4.79 Å². The van der Waals surface area contributed by atoms with Crippen molar-refractivity contribution in [3.05, 3.63) is 12.2 Å². The summed E-state index contributed by atoms with van der Waals surface area (Å²) in [7, 11) is 0. The number of carbonyl (C=O) groups is 2. The van der Waals surface area contributed by atoms with Gasteiger partial charge in [-0.05, 0) is 19.8 Å². The Bertz CT molecular complexity index is 294. The maximum absolute atomic E-state index is 11.3. The van der Waals surface area contributed by atoms with Crippen LogP contribution >= 0.6 is 12.4 Å². The Morgan fingerprint density at radius 1 is 1.71 bits per heavy atom. The molecule has 0 aromatic heterocycles. The summed E-state index contributed by atoms with van der Waals surface area (Å²) in [5.41, 5.74) is 5.79. The molecule has 1 aliphatic heterocycles. The minimum absolute atomic E-state index is 0. The molecule has 0 bridgehead atoms. The zero-order valence-corrected chi connectivity index (χ0v) is 10.7. The summed E-state index contributed by atoms with van der Waals surface area (Å²) in [6, 6.07) is -0.279. The van der Waals surface area contributed by atoms with Crippen molar-refractivity contribution in [3.63, 3.8) is 0 Å². The number of esters is 1. The largest absolute Gasteiger partial charge is 0.463 e. The molecule has 0 saturated carbocycles. The Morgan fingerprint density at radius 3 is 2.94 bits per heavy atom. The van der Waals surface area contributed by atoms with Crippen molar-refractivity contribution >= 4 is 24.3 Å². The highest BCUT2D eigenvalue weighted by molar-refractivity contribution is 5.85. The van der Waals surface area contributed by atoms with E-state index in [-0.39, 0.29) is 30.3 Å². The molecule has 2 atom stereocenters. The number of halogens is 1. The highest BCUT2D eigenvalue weighted by atomic mass is 35.5. The van der Waals surface area contributed by atoms with Crippen molar-refractivity contribution in [2.45, 2.75) is 25.8 Å². The third-order valence-electron chi connectivity index (χ3n) is 2.49. The van der Waals surface area contributed by atoms with Crippen LogP contribution in [-0.2, 0) is 14.3 Å². The van der Waals surface area contributed by atoms with Crippen molar-refractivity contribution in [2.24, 2.45) is 11.7 Å². The lowest BCUT2D eigenvalue weighted by atomic mass is 9.99. The van der Waals surface area contributed by atoms with E-state index in [1.165, 1.54) is 6.08 Å². The van der Waals surface area contributed by atoms with E-state index >= 15 is 0 Å². The molecule has 1 heterocycles. The van der Waals surface area contributed by atoms with E-state index < -0.39 is 5.97 Å². The highest BCUT2D eigenvalue weighted by Crippen LogP contribution is 2.15. The third-order valence-corrected chi connectivity index (χ3v) is 2.49. The van der Waals surface area contributed by atoms with Crippen LogP contribution in [0.25, 0.3) is 0 Å². The van der Waals surface area contributed by atoms with Crippen LogP contribution in [0.1, 0.15) is 19.8 Å². The van der Waals surface area contributed by atoms with Gasteiger partial charge in [-0.25, -0.2) is 4.79 Å². The van der Waals surface area contributed by atoms with E-state index in [9.17, 15) is 9.59 Å². The summed E-state index contributed by atoms with van der Waals surface area (Å²) in [5, 5.41) is 2.75. The second-order valence-electron chi connectivity index (χ2n) is 3.79. The Balaban J connectivity index is 0.00000256. The van der Waals surface area contributed by atoms with Crippen LogP contribution in [0.4, 0.5) is 0 Å². The van der Waals surface area contributed by atoms with Crippen LogP contribution in [0.2, 0.25) is 0 Å². The smallest absolute Gasteiger partial charge is 0.330 e. The number of nitrogens with two attached hydrogens (primary N) is 1. The first kappa shape index (κ1) is 15.9. The molecule has 0 aliphatic carbocycles. The number of carbonyl (C=O) groups excluding carboxylic acids is 2. The molecular weight excluding hydrogens is 244 g/mol. The van der Waals surface area contributed by atoms with Crippen molar-refractivity contribution in [1.29, 1.82) is 0 Å². The first-order chi connectivity index (χ1) is 7.63. The molecule has 0 radical (unpaired) electrons. The first-order valence-corrected chi connectivity index (χ1v) is 5.51.